The van der Waals surface area contributed by atoms with Crippen molar-refractivity contribution in [2.45, 2.75) is 19.1 Å². The van der Waals surface area contributed by atoms with Crippen LogP contribution in [0.3, 0.4) is 0 Å². The first-order valence-corrected chi connectivity index (χ1v) is 5.04. The molecule has 2 aromatic rings. The van der Waals surface area contributed by atoms with E-state index in [1.165, 1.54) is 4.57 Å². The topological polar surface area (TPSA) is 81.4 Å². The summed E-state index contributed by atoms with van der Waals surface area (Å²) < 4.78 is 6.38. The molecule has 0 fully saturated rings. The fraction of sp³-hybridized carbons (Fsp3) is 0.364. The molecule has 0 bridgehead atoms. The Morgan fingerprint density at radius 2 is 2.19 bits per heavy atom. The highest BCUT2D eigenvalue weighted by molar-refractivity contribution is 5.73. The second-order valence-electron chi connectivity index (χ2n) is 3.96. The maximum Gasteiger partial charge on any atom is 0.419 e. The Labute approximate surface area is 92.1 Å². The van der Waals surface area contributed by atoms with Crippen molar-refractivity contribution >= 4 is 11.1 Å². The third kappa shape index (κ3) is 1.64. The van der Waals surface area contributed by atoms with E-state index in [1.54, 1.807) is 32.2 Å². The van der Waals surface area contributed by atoms with Gasteiger partial charge in [-0.3, -0.25) is 4.57 Å². The molecule has 0 radical (unpaired) electrons. The highest BCUT2D eigenvalue weighted by atomic mass is 16.4. The Bertz CT molecular complexity index is 568. The van der Waals surface area contributed by atoms with Crippen molar-refractivity contribution in [3.8, 4) is 0 Å². The molecule has 0 saturated carbocycles. The van der Waals surface area contributed by atoms with Gasteiger partial charge in [0.25, 0.3) is 0 Å². The van der Waals surface area contributed by atoms with E-state index in [1.807, 2.05) is 0 Å². The fourth-order valence-corrected chi connectivity index (χ4v) is 1.63. The molecule has 3 N–H and O–H groups in total. The molecule has 16 heavy (non-hydrogen) atoms. The van der Waals surface area contributed by atoms with Crippen LogP contribution in [0.1, 0.15) is 18.6 Å². The molecule has 0 aliphatic rings. The fourth-order valence-electron chi connectivity index (χ4n) is 1.63. The van der Waals surface area contributed by atoms with Gasteiger partial charge in [-0.2, -0.15) is 0 Å². The minimum Gasteiger partial charge on any atom is -0.408 e. The van der Waals surface area contributed by atoms with Crippen molar-refractivity contribution in [3.63, 3.8) is 0 Å². The number of hydrogen-bond donors (Lipinski definition) is 2. The van der Waals surface area contributed by atoms with Crippen LogP contribution in [0.15, 0.2) is 27.4 Å². The average molecular weight is 222 g/mol. The van der Waals surface area contributed by atoms with E-state index in [-0.39, 0.29) is 6.04 Å². The van der Waals surface area contributed by atoms with Crippen LogP contribution < -0.4 is 11.5 Å². The molecule has 1 aromatic heterocycles. The van der Waals surface area contributed by atoms with E-state index >= 15 is 0 Å². The van der Waals surface area contributed by atoms with E-state index in [0.29, 0.717) is 16.7 Å². The van der Waals surface area contributed by atoms with Gasteiger partial charge in [0.15, 0.2) is 5.58 Å². The molecule has 1 aromatic carbocycles. The van der Waals surface area contributed by atoms with Gasteiger partial charge in [-0.25, -0.2) is 4.79 Å². The molecule has 86 valence electrons. The third-order valence-electron chi connectivity index (χ3n) is 2.66. The largest absolute Gasteiger partial charge is 0.419 e. The van der Waals surface area contributed by atoms with Crippen LogP contribution in [0, 0.1) is 0 Å². The summed E-state index contributed by atoms with van der Waals surface area (Å²) in [6.45, 7) is 1.73. The summed E-state index contributed by atoms with van der Waals surface area (Å²) in [7, 11) is 1.62. The average Bonchev–Trinajstić information content (AvgIpc) is 2.53. The van der Waals surface area contributed by atoms with Crippen LogP contribution in [0.5, 0.6) is 0 Å². The number of nitrogens with two attached hydrogens (primary N) is 1. The van der Waals surface area contributed by atoms with Crippen LogP contribution in [0.4, 0.5) is 0 Å². The van der Waals surface area contributed by atoms with Crippen molar-refractivity contribution in [1.29, 1.82) is 0 Å². The zero-order valence-corrected chi connectivity index (χ0v) is 9.18. The molecule has 0 aliphatic carbocycles. The number of aliphatic hydroxyl groups excluding tert-OH is 1. The van der Waals surface area contributed by atoms with Gasteiger partial charge in [0.1, 0.15) is 0 Å². The van der Waals surface area contributed by atoms with Gasteiger partial charge in [-0.05, 0) is 24.6 Å². The van der Waals surface area contributed by atoms with Crippen LogP contribution in [0.2, 0.25) is 0 Å². The maximum atomic E-state index is 11.3. The van der Waals surface area contributed by atoms with Gasteiger partial charge in [-0.1, -0.05) is 6.07 Å². The zero-order chi connectivity index (χ0) is 11.9. The van der Waals surface area contributed by atoms with Gasteiger partial charge in [0.05, 0.1) is 11.6 Å². The van der Waals surface area contributed by atoms with E-state index in [4.69, 9.17) is 10.2 Å². The van der Waals surface area contributed by atoms with Crippen LogP contribution in [0.25, 0.3) is 11.1 Å². The molecular formula is C11H14N2O3. The Balaban J connectivity index is 2.59. The number of hydrogen-bond acceptors (Lipinski definition) is 4. The molecule has 2 rings (SSSR count). The van der Waals surface area contributed by atoms with Crippen LogP contribution in [-0.2, 0) is 7.05 Å². The predicted octanol–water partition coefficient (Wildman–Crippen LogP) is 0.512. The summed E-state index contributed by atoms with van der Waals surface area (Å²) in [5.74, 6) is -0.414. The molecule has 2 atom stereocenters. The molecule has 2 unspecified atom stereocenters. The molecule has 0 saturated heterocycles. The molecule has 0 spiro atoms. The Kier molecular flexibility index (Phi) is 2.57. The van der Waals surface area contributed by atoms with Gasteiger partial charge >= 0.3 is 5.76 Å². The quantitative estimate of drug-likeness (QED) is 0.775. The predicted molar refractivity (Wildman–Crippen MR) is 60.1 cm³/mol. The second-order valence-corrected chi connectivity index (χ2v) is 3.96. The van der Waals surface area contributed by atoms with Gasteiger partial charge in [0.2, 0.25) is 0 Å². The number of aliphatic hydroxyl groups is 1. The summed E-state index contributed by atoms with van der Waals surface area (Å²) in [5.41, 5.74) is 7.46. The molecule has 1 heterocycles. The van der Waals surface area contributed by atoms with Crippen molar-refractivity contribution in [2.24, 2.45) is 12.8 Å². The summed E-state index contributed by atoms with van der Waals surface area (Å²) in [4.78, 5) is 11.3. The highest BCUT2D eigenvalue weighted by Gasteiger charge is 2.14. The molecule has 0 aliphatic heterocycles. The first-order valence-electron chi connectivity index (χ1n) is 5.04. The second kappa shape index (κ2) is 3.77. The number of rotatable bonds is 2. The number of benzene rings is 1. The van der Waals surface area contributed by atoms with Crippen molar-refractivity contribution in [2.75, 3.05) is 0 Å². The number of aromatic nitrogens is 1. The van der Waals surface area contributed by atoms with E-state index in [2.05, 4.69) is 0 Å². The third-order valence-corrected chi connectivity index (χ3v) is 2.66. The highest BCUT2D eigenvalue weighted by Crippen LogP contribution is 2.20. The van der Waals surface area contributed by atoms with Gasteiger partial charge in [0, 0.05) is 13.1 Å². The summed E-state index contributed by atoms with van der Waals surface area (Å²) in [5, 5.41) is 9.81. The van der Waals surface area contributed by atoms with Gasteiger partial charge < -0.3 is 15.3 Å². The summed E-state index contributed by atoms with van der Waals surface area (Å²) in [6, 6.07) is 4.73. The number of aryl methyl sites for hydroxylation is 1. The lowest BCUT2D eigenvalue weighted by atomic mass is 10.0. The Morgan fingerprint density at radius 3 is 2.81 bits per heavy atom. The number of oxazole rings is 1. The van der Waals surface area contributed by atoms with Crippen LogP contribution >= 0.6 is 0 Å². The molecule has 5 nitrogen and oxygen atoms in total. The van der Waals surface area contributed by atoms with Crippen molar-refractivity contribution in [1.82, 2.24) is 4.57 Å². The molecular weight excluding hydrogens is 208 g/mol. The normalized spacial score (nSPS) is 15.2. The Hall–Kier alpha value is -1.59. The van der Waals surface area contributed by atoms with Crippen molar-refractivity contribution in [3.05, 3.63) is 34.3 Å². The summed E-state index contributed by atoms with van der Waals surface area (Å²) >= 11 is 0. The van der Waals surface area contributed by atoms with Crippen LogP contribution in [-0.4, -0.2) is 15.7 Å². The smallest absolute Gasteiger partial charge is 0.408 e. The van der Waals surface area contributed by atoms with Gasteiger partial charge in [-0.15, -0.1) is 0 Å². The molecule has 0 amide bonds. The first kappa shape index (κ1) is 10.9. The van der Waals surface area contributed by atoms with Crippen molar-refractivity contribution < 1.29 is 9.52 Å². The number of fused-ring (bicyclic) bond motifs is 1. The van der Waals surface area contributed by atoms with E-state index in [9.17, 15) is 9.90 Å². The standard InChI is InChI=1S/C11H14N2O3/c1-6(12)10(14)7-3-4-9-8(5-7)13(2)11(15)16-9/h3-6,10,14H,12H2,1-2H3. The lowest BCUT2D eigenvalue weighted by Gasteiger charge is -2.14. The first-order chi connectivity index (χ1) is 7.50. The maximum absolute atomic E-state index is 11.3. The molecule has 5 heteroatoms. The minimum absolute atomic E-state index is 0.360. The Morgan fingerprint density at radius 1 is 1.50 bits per heavy atom. The lowest BCUT2D eigenvalue weighted by Crippen LogP contribution is -2.24. The summed E-state index contributed by atoms with van der Waals surface area (Å²) in [6.07, 6.45) is -0.741. The lowest BCUT2D eigenvalue weighted by molar-refractivity contribution is 0.153. The zero-order valence-electron chi connectivity index (χ0n) is 9.18. The monoisotopic (exact) mass is 222 g/mol. The van der Waals surface area contributed by atoms with E-state index in [0.717, 1.165) is 0 Å². The van der Waals surface area contributed by atoms with E-state index < -0.39 is 11.9 Å². The minimum atomic E-state index is -0.741. The number of nitrogens with zero attached hydrogens (tertiary/aromatic N) is 1. The SMILES string of the molecule is CC(N)C(O)c1ccc2oc(=O)n(C)c2c1.